The van der Waals surface area contributed by atoms with E-state index in [0.717, 1.165) is 61.3 Å². The number of anilines is 3. The average Bonchev–Trinajstić information content (AvgIpc) is 3.53. The van der Waals surface area contributed by atoms with Gasteiger partial charge in [0, 0.05) is 21.4 Å². The summed E-state index contributed by atoms with van der Waals surface area (Å²) in [5, 5.41) is 27.7. The summed E-state index contributed by atoms with van der Waals surface area (Å²) in [4.78, 5) is 30.9. The number of allylic oxidation sites excluding steroid dienone is 1. The minimum atomic E-state index is -3.02. The van der Waals surface area contributed by atoms with Crippen molar-refractivity contribution < 1.29 is 28.8 Å². The van der Waals surface area contributed by atoms with Crippen molar-refractivity contribution in [1.29, 1.82) is 0 Å². The van der Waals surface area contributed by atoms with Crippen molar-refractivity contribution >= 4 is 76.7 Å². The molecule has 2 amide bonds. The molecule has 2 fully saturated rings. The van der Waals surface area contributed by atoms with Gasteiger partial charge in [0.1, 0.15) is 5.75 Å². The molecule has 0 spiro atoms. The molecule has 8 nitrogen and oxygen atoms in total. The SMILES string of the molecule is CCC/C(=C\c1cc(Br)ccc1O)CC[C@H]1OB(O)C[C@H]2C1=C(CO[Si](c1ccccc1)(c1ccccc1)C(C)(C)C)C[C@H]1C(=O)N(c3ccc(Nc4ccccc4)cc3)C(=O)[C@H]12. The van der Waals surface area contributed by atoms with Gasteiger partial charge in [0.2, 0.25) is 11.8 Å². The van der Waals surface area contributed by atoms with E-state index in [1.165, 1.54) is 4.90 Å². The fourth-order valence-electron chi connectivity index (χ4n) is 10.3. The lowest BCUT2D eigenvalue weighted by molar-refractivity contribution is -0.122. The molecule has 0 bridgehead atoms. The zero-order valence-corrected chi connectivity index (χ0v) is 39.1. The van der Waals surface area contributed by atoms with Gasteiger partial charge in [0.15, 0.2) is 0 Å². The van der Waals surface area contributed by atoms with Gasteiger partial charge in [0.05, 0.1) is 30.2 Å². The average molecular weight is 924 g/mol. The van der Waals surface area contributed by atoms with Crippen LogP contribution in [0.15, 0.2) is 155 Å². The number of carbonyl (C=O) groups excluding carboxylic acids is 2. The molecular formula is C52H56BBrN2O6Si. The number of fused-ring (bicyclic) bond motifs is 3. The van der Waals surface area contributed by atoms with Crippen molar-refractivity contribution in [2.45, 2.75) is 77.3 Å². The van der Waals surface area contributed by atoms with Crippen molar-refractivity contribution in [3.05, 3.63) is 160 Å². The number of carbonyl (C=O) groups is 2. The molecule has 0 aromatic heterocycles. The van der Waals surface area contributed by atoms with Gasteiger partial charge in [-0.05, 0) is 119 Å². The van der Waals surface area contributed by atoms with E-state index < -0.39 is 39.3 Å². The van der Waals surface area contributed by atoms with Crippen LogP contribution in [0.1, 0.15) is 65.4 Å². The van der Waals surface area contributed by atoms with Gasteiger partial charge in [-0.15, -0.1) is 0 Å². The molecule has 2 heterocycles. The zero-order chi connectivity index (χ0) is 44.3. The highest BCUT2D eigenvalue weighted by Crippen LogP contribution is 2.52. The molecule has 0 saturated carbocycles. The molecule has 4 atom stereocenters. The van der Waals surface area contributed by atoms with Gasteiger partial charge < -0.3 is 24.5 Å². The first-order chi connectivity index (χ1) is 30.4. The Labute approximate surface area is 381 Å². The van der Waals surface area contributed by atoms with Gasteiger partial charge in [0.25, 0.3) is 8.32 Å². The molecule has 324 valence electrons. The first-order valence-electron chi connectivity index (χ1n) is 22.2. The number of para-hydroxylation sites is 1. The fraction of sp³-hybridized carbons (Fsp3) is 0.308. The molecule has 5 aromatic carbocycles. The Morgan fingerprint density at radius 2 is 1.48 bits per heavy atom. The smallest absolute Gasteiger partial charge is 0.455 e. The number of rotatable bonds is 14. The van der Waals surface area contributed by atoms with E-state index in [4.69, 9.17) is 9.08 Å². The van der Waals surface area contributed by atoms with Gasteiger partial charge in [-0.2, -0.15) is 0 Å². The molecule has 3 N–H and O–H groups in total. The highest BCUT2D eigenvalue weighted by molar-refractivity contribution is 9.10. The lowest BCUT2D eigenvalue weighted by Gasteiger charge is -2.46. The largest absolute Gasteiger partial charge is 0.507 e. The van der Waals surface area contributed by atoms with E-state index in [-0.39, 0.29) is 35.5 Å². The number of nitrogens with zero attached hydrogens (tertiary/aromatic N) is 1. The van der Waals surface area contributed by atoms with Gasteiger partial charge >= 0.3 is 7.12 Å². The predicted molar refractivity (Wildman–Crippen MR) is 260 cm³/mol. The molecule has 3 aliphatic rings. The van der Waals surface area contributed by atoms with Crippen LogP contribution in [0.25, 0.3) is 6.08 Å². The van der Waals surface area contributed by atoms with Crippen LogP contribution in [0.4, 0.5) is 17.1 Å². The van der Waals surface area contributed by atoms with E-state index in [1.54, 1.807) is 6.07 Å². The molecule has 0 unspecified atom stereocenters. The van der Waals surface area contributed by atoms with Crippen LogP contribution in [0, 0.1) is 17.8 Å². The van der Waals surface area contributed by atoms with Gasteiger partial charge in [-0.1, -0.05) is 141 Å². The number of aromatic hydroxyl groups is 1. The summed E-state index contributed by atoms with van der Waals surface area (Å²) in [7, 11) is -4.14. The quantitative estimate of drug-likeness (QED) is 0.0578. The summed E-state index contributed by atoms with van der Waals surface area (Å²) in [6, 6.07) is 43.7. The summed E-state index contributed by atoms with van der Waals surface area (Å²) in [6.07, 6.45) is 5.01. The normalized spacial score (nSPS) is 20.5. The molecule has 11 heteroatoms. The molecule has 5 aromatic rings. The highest BCUT2D eigenvalue weighted by atomic mass is 79.9. The second kappa shape index (κ2) is 19.0. The molecule has 1 aliphatic carbocycles. The molecule has 2 aliphatic heterocycles. The van der Waals surface area contributed by atoms with E-state index >= 15 is 0 Å². The van der Waals surface area contributed by atoms with Crippen LogP contribution in [-0.4, -0.2) is 50.1 Å². The molecular weight excluding hydrogens is 867 g/mol. The number of halogens is 1. The number of hydrogen-bond acceptors (Lipinski definition) is 7. The second-order valence-electron chi connectivity index (χ2n) is 18.1. The predicted octanol–water partition coefficient (Wildman–Crippen LogP) is 10.4. The van der Waals surface area contributed by atoms with Gasteiger partial charge in [-0.25, -0.2) is 0 Å². The van der Waals surface area contributed by atoms with E-state index in [0.29, 0.717) is 24.9 Å². The lowest BCUT2D eigenvalue weighted by Crippen LogP contribution is -2.66. The number of nitrogens with one attached hydrogen (secondary N) is 1. The third-order valence-electron chi connectivity index (χ3n) is 13.0. The number of phenolic OH excluding ortho intramolecular Hbond substituents is 1. The Morgan fingerprint density at radius 3 is 2.10 bits per heavy atom. The molecule has 0 radical (unpaired) electrons. The molecule has 63 heavy (non-hydrogen) atoms. The summed E-state index contributed by atoms with van der Waals surface area (Å²) >= 11 is 3.55. The lowest BCUT2D eigenvalue weighted by atomic mass is 9.58. The van der Waals surface area contributed by atoms with Gasteiger partial charge in [-0.3, -0.25) is 14.5 Å². The molecule has 8 rings (SSSR count). The monoisotopic (exact) mass is 922 g/mol. The van der Waals surface area contributed by atoms with Crippen molar-refractivity contribution in [2.75, 3.05) is 16.8 Å². The standard InChI is InChI=1S/C52H56BBrN2O6Si/c1-5-15-35(30-36-31-38(54)23-28-46(36)57)22-29-47-48-37(34-61-63(52(2,3)4,42-18-11-7-12-19-42)43-20-13-8-14-21-43)32-44-49(45(48)33-53(60)62-47)51(59)56(50(44)58)41-26-24-40(25-27-41)55-39-16-9-6-10-17-39/h6-14,16-21,23-28,30-31,44-45,47,49,55,57,60H,5,15,22,29,32-34H2,1-4H3/b35-30+/t44-,45+,47-,49-/m1/s1. The van der Waals surface area contributed by atoms with Crippen LogP contribution in [0.2, 0.25) is 11.4 Å². The Morgan fingerprint density at radius 1 is 0.857 bits per heavy atom. The van der Waals surface area contributed by atoms with Crippen molar-refractivity contribution in [2.24, 2.45) is 17.8 Å². The minimum absolute atomic E-state index is 0.200. The number of phenols is 1. The Balaban J connectivity index is 1.18. The highest BCUT2D eigenvalue weighted by Gasteiger charge is 2.58. The first-order valence-corrected chi connectivity index (χ1v) is 24.9. The van der Waals surface area contributed by atoms with E-state index in [1.807, 2.05) is 78.9 Å². The van der Waals surface area contributed by atoms with Crippen LogP contribution in [-0.2, 0) is 18.7 Å². The number of hydrogen-bond donors (Lipinski definition) is 3. The summed E-state index contributed by atoms with van der Waals surface area (Å²) in [5.41, 5.74) is 6.14. The van der Waals surface area contributed by atoms with Crippen molar-refractivity contribution in [3.8, 4) is 5.75 Å². The van der Waals surface area contributed by atoms with Crippen LogP contribution in [0.5, 0.6) is 5.75 Å². The minimum Gasteiger partial charge on any atom is -0.507 e. The maximum atomic E-state index is 14.8. The number of imide groups is 1. The fourth-order valence-corrected chi connectivity index (χ4v) is 15.2. The Kier molecular flexibility index (Phi) is 13.4. The Bertz CT molecular complexity index is 2440. The number of amides is 2. The third-order valence-corrected chi connectivity index (χ3v) is 18.5. The second-order valence-corrected chi connectivity index (χ2v) is 23.3. The maximum absolute atomic E-state index is 14.8. The number of benzene rings is 5. The summed E-state index contributed by atoms with van der Waals surface area (Å²) in [5.74, 6) is -1.97. The maximum Gasteiger partial charge on any atom is 0.455 e. The zero-order valence-electron chi connectivity index (χ0n) is 36.5. The molecule has 2 saturated heterocycles. The first kappa shape index (κ1) is 44.6. The Hall–Kier alpha value is -5.04. The topological polar surface area (TPSA) is 108 Å². The third kappa shape index (κ3) is 9.17. The van der Waals surface area contributed by atoms with E-state index in [2.05, 4.69) is 104 Å². The van der Waals surface area contributed by atoms with Crippen LogP contribution < -0.4 is 20.6 Å². The van der Waals surface area contributed by atoms with Crippen LogP contribution in [0.3, 0.4) is 0 Å². The van der Waals surface area contributed by atoms with Crippen LogP contribution >= 0.6 is 15.9 Å². The summed E-state index contributed by atoms with van der Waals surface area (Å²) < 4.78 is 15.0. The summed E-state index contributed by atoms with van der Waals surface area (Å²) in [6.45, 7) is 9.15. The van der Waals surface area contributed by atoms with E-state index in [9.17, 15) is 19.7 Å². The van der Waals surface area contributed by atoms with Crippen molar-refractivity contribution in [3.63, 3.8) is 0 Å². The van der Waals surface area contributed by atoms with Crippen molar-refractivity contribution in [1.82, 2.24) is 0 Å².